The van der Waals surface area contributed by atoms with Crippen molar-refractivity contribution < 1.29 is 4.79 Å². The van der Waals surface area contributed by atoms with Gasteiger partial charge in [-0.25, -0.2) is 0 Å². The van der Waals surface area contributed by atoms with Crippen molar-refractivity contribution in [1.29, 1.82) is 5.26 Å². The summed E-state index contributed by atoms with van der Waals surface area (Å²) >= 11 is 2.18. The van der Waals surface area contributed by atoms with E-state index in [1.165, 1.54) is 83.5 Å². The number of halogens is 1. The van der Waals surface area contributed by atoms with Gasteiger partial charge < -0.3 is 0 Å². The van der Waals surface area contributed by atoms with Crippen molar-refractivity contribution in [3.63, 3.8) is 0 Å². The van der Waals surface area contributed by atoms with Crippen LogP contribution in [0.15, 0.2) is 0 Å². The van der Waals surface area contributed by atoms with E-state index >= 15 is 0 Å². The lowest BCUT2D eigenvalue weighted by Crippen LogP contribution is -2.46. The Hall–Kier alpha value is -0.110. The van der Waals surface area contributed by atoms with E-state index < -0.39 is 0 Å². The molecule has 3 heteroatoms. The second kappa shape index (κ2) is 5.73. The van der Waals surface area contributed by atoms with Crippen molar-refractivity contribution in [2.24, 2.45) is 51.8 Å². The van der Waals surface area contributed by atoms with Gasteiger partial charge in [0, 0.05) is 33.9 Å². The van der Waals surface area contributed by atoms with Gasteiger partial charge in [-0.05, 0) is 111 Å². The molecule has 0 spiro atoms. The lowest BCUT2D eigenvalue weighted by atomic mass is 9.50. The van der Waals surface area contributed by atoms with E-state index in [1.54, 1.807) is 0 Å². The van der Waals surface area contributed by atoms with Gasteiger partial charge in [0.1, 0.15) is 0 Å². The zero-order chi connectivity index (χ0) is 18.4. The van der Waals surface area contributed by atoms with Crippen molar-refractivity contribution in [2.75, 3.05) is 0 Å². The highest BCUT2D eigenvalue weighted by molar-refractivity contribution is 14.1. The topological polar surface area (TPSA) is 40.9 Å². The number of fused-ring (bicyclic) bond motifs is 5. The summed E-state index contributed by atoms with van der Waals surface area (Å²) in [5, 5.41) is 9.60. The van der Waals surface area contributed by atoms with Crippen LogP contribution >= 0.6 is 22.6 Å². The summed E-state index contributed by atoms with van der Waals surface area (Å²) in [7, 11) is 0. The molecule has 0 saturated heterocycles. The van der Waals surface area contributed by atoms with Crippen LogP contribution in [0.5, 0.6) is 0 Å². The maximum absolute atomic E-state index is 13.0. The number of hydrogen-bond donors (Lipinski definition) is 0. The van der Waals surface area contributed by atoms with E-state index in [1.807, 2.05) is 0 Å². The molecule has 6 aliphatic rings. The predicted molar refractivity (Wildman–Crippen MR) is 113 cm³/mol. The predicted octanol–water partition coefficient (Wildman–Crippen LogP) is 6.28. The molecule has 9 unspecified atom stereocenters. The van der Waals surface area contributed by atoms with Crippen molar-refractivity contribution in [3.8, 4) is 6.07 Å². The van der Waals surface area contributed by atoms with Crippen LogP contribution in [0.25, 0.3) is 0 Å². The summed E-state index contributed by atoms with van der Waals surface area (Å²) in [5.74, 6) is 4.40. The summed E-state index contributed by atoms with van der Waals surface area (Å²) in [6, 6.07) is 2.64. The van der Waals surface area contributed by atoms with Crippen molar-refractivity contribution >= 4 is 26.4 Å². The van der Waals surface area contributed by atoms with Crippen LogP contribution in [0, 0.1) is 63.1 Å². The van der Waals surface area contributed by atoms with Crippen LogP contribution < -0.4 is 0 Å². The summed E-state index contributed by atoms with van der Waals surface area (Å²) in [5.41, 5.74) is 1.02. The molecule has 6 bridgehead atoms. The quantitative estimate of drug-likeness (QED) is 0.347. The van der Waals surface area contributed by atoms with E-state index in [9.17, 15) is 10.1 Å². The van der Waals surface area contributed by atoms with Gasteiger partial charge in [-0.15, -0.1) is 0 Å². The molecule has 0 aromatic rings. The van der Waals surface area contributed by atoms with Gasteiger partial charge in [-0.2, -0.15) is 5.26 Å². The van der Waals surface area contributed by atoms with Crippen molar-refractivity contribution in [1.82, 2.24) is 0 Å². The molecule has 0 radical (unpaired) electrons. The Morgan fingerprint density at radius 3 is 2.48 bits per heavy atom. The molecule has 6 aliphatic carbocycles. The Bertz CT molecular complexity index is 724. The molecule has 0 heterocycles. The van der Waals surface area contributed by atoms with E-state index in [0.717, 1.165) is 23.7 Å². The fourth-order valence-electron chi connectivity index (χ4n) is 10.2. The molecule has 27 heavy (non-hydrogen) atoms. The zero-order valence-corrected chi connectivity index (χ0v) is 18.5. The fraction of sp³-hybridized carbons (Fsp3) is 0.917. The van der Waals surface area contributed by atoms with Crippen molar-refractivity contribution in [2.45, 2.75) is 83.5 Å². The average molecular weight is 477 g/mol. The molecule has 0 amide bonds. The van der Waals surface area contributed by atoms with E-state index in [2.05, 4.69) is 28.7 Å². The number of carbonyl (C=O) groups is 1. The van der Waals surface area contributed by atoms with E-state index in [-0.39, 0.29) is 5.41 Å². The Kier molecular flexibility index (Phi) is 3.76. The smallest absolute Gasteiger partial charge is 0.198 e. The highest BCUT2D eigenvalue weighted by Gasteiger charge is 2.70. The number of rotatable bonds is 2. The first-order chi connectivity index (χ1) is 13.0. The van der Waals surface area contributed by atoms with E-state index in [4.69, 9.17) is 0 Å². The van der Waals surface area contributed by atoms with E-state index in [0.29, 0.717) is 26.5 Å². The summed E-state index contributed by atoms with van der Waals surface area (Å²) in [4.78, 5) is 13.0. The molecule has 6 saturated carbocycles. The number of nitriles is 1. The van der Waals surface area contributed by atoms with Gasteiger partial charge in [-0.1, -0.05) is 12.8 Å². The Labute approximate surface area is 177 Å². The molecular weight excluding hydrogens is 445 g/mol. The standard InChI is InChI=1S/C24H32INO/c25-21(27)24-3-1-2-15-7-20(24)12-23(8-15,14-24)22-9-16-4-17(13-26)6-19(11-22)18(5-16)10-22/h15-20H,1-12,14H2. The minimum Gasteiger partial charge on any atom is -0.287 e. The van der Waals surface area contributed by atoms with Crippen molar-refractivity contribution in [3.05, 3.63) is 0 Å². The normalized spacial score (nSPS) is 57.9. The minimum absolute atomic E-state index is 0.0282. The average Bonchev–Trinajstić information content (AvgIpc) is 2.91. The number of carbonyl (C=O) groups excluding carboxylic acids is 1. The number of hydrogen-bond acceptors (Lipinski definition) is 2. The van der Waals surface area contributed by atoms with Gasteiger partial charge in [0.25, 0.3) is 0 Å². The largest absolute Gasteiger partial charge is 0.287 e. The molecule has 0 N–H and O–H groups in total. The Balaban J connectivity index is 1.41. The van der Waals surface area contributed by atoms with Gasteiger partial charge in [0.05, 0.1) is 6.07 Å². The second-order valence-corrected chi connectivity index (χ2v) is 12.8. The highest BCUT2D eigenvalue weighted by atomic mass is 127. The third-order valence-corrected chi connectivity index (χ3v) is 11.9. The van der Waals surface area contributed by atoms with Gasteiger partial charge >= 0.3 is 0 Å². The van der Waals surface area contributed by atoms with Gasteiger partial charge in [0.15, 0.2) is 3.79 Å². The van der Waals surface area contributed by atoms with Crippen LogP contribution in [-0.2, 0) is 4.79 Å². The SMILES string of the molecule is N#CC1CC2CC3CC(C45CC6CCCC(C(=O)I)(C4)C(C6)C5)(C2)CC3C1. The lowest BCUT2D eigenvalue weighted by molar-refractivity contribution is -0.121. The van der Waals surface area contributed by atoms with Crippen LogP contribution in [0.1, 0.15) is 83.5 Å². The van der Waals surface area contributed by atoms with Crippen LogP contribution in [0.4, 0.5) is 0 Å². The third-order valence-electron chi connectivity index (χ3n) is 10.8. The Morgan fingerprint density at radius 2 is 1.70 bits per heavy atom. The minimum atomic E-state index is 0.0282. The first-order valence-electron chi connectivity index (χ1n) is 11.6. The molecule has 146 valence electrons. The first kappa shape index (κ1) is 17.7. The summed E-state index contributed by atoms with van der Waals surface area (Å²) in [6.07, 6.45) is 17.2. The maximum atomic E-state index is 13.0. The highest BCUT2D eigenvalue weighted by Crippen LogP contribution is 2.78. The molecule has 9 atom stereocenters. The summed E-state index contributed by atoms with van der Waals surface area (Å²) in [6.45, 7) is 0. The monoisotopic (exact) mass is 477 g/mol. The zero-order valence-electron chi connectivity index (χ0n) is 16.4. The fourth-order valence-corrected chi connectivity index (χ4v) is 11.1. The second-order valence-electron chi connectivity index (χ2n) is 11.8. The van der Waals surface area contributed by atoms with Crippen LogP contribution in [0.2, 0.25) is 0 Å². The van der Waals surface area contributed by atoms with Gasteiger partial charge in [0.2, 0.25) is 0 Å². The van der Waals surface area contributed by atoms with Crippen LogP contribution in [0.3, 0.4) is 0 Å². The molecule has 2 nitrogen and oxygen atoms in total. The molecule has 0 aromatic heterocycles. The lowest BCUT2D eigenvalue weighted by Gasteiger charge is -2.55. The molecule has 6 rings (SSSR count). The first-order valence-corrected chi connectivity index (χ1v) is 12.7. The Morgan fingerprint density at radius 1 is 0.926 bits per heavy atom. The molecule has 0 aliphatic heterocycles. The maximum Gasteiger partial charge on any atom is 0.198 e. The number of nitrogens with zero attached hydrogens (tertiary/aromatic N) is 1. The van der Waals surface area contributed by atoms with Crippen LogP contribution in [-0.4, -0.2) is 3.79 Å². The van der Waals surface area contributed by atoms with Gasteiger partial charge in [-0.3, -0.25) is 4.79 Å². The molecule has 0 aromatic carbocycles. The summed E-state index contributed by atoms with van der Waals surface area (Å²) < 4.78 is 0.501. The molecule has 6 fully saturated rings. The molecular formula is C24H32INO. The third kappa shape index (κ3) is 2.26.